The second-order valence-electron chi connectivity index (χ2n) is 7.08. The second kappa shape index (κ2) is 5.91. The van der Waals surface area contributed by atoms with Crippen molar-refractivity contribution in [2.24, 2.45) is 17.6 Å². The fraction of sp³-hybridized carbons (Fsp3) is 1.00. The van der Waals surface area contributed by atoms with Crippen LogP contribution in [0, 0.1) is 11.8 Å². The highest BCUT2D eigenvalue weighted by Gasteiger charge is 2.45. The van der Waals surface area contributed by atoms with Gasteiger partial charge in [0.05, 0.1) is 25.4 Å². The molecule has 20 heavy (non-hydrogen) atoms. The van der Waals surface area contributed by atoms with Gasteiger partial charge in [0.15, 0.2) is 5.79 Å². The van der Waals surface area contributed by atoms with Gasteiger partial charge in [0.2, 0.25) is 0 Å². The van der Waals surface area contributed by atoms with Crippen molar-refractivity contribution in [2.45, 2.75) is 76.4 Å². The van der Waals surface area contributed by atoms with Crippen molar-refractivity contribution < 1.29 is 14.2 Å². The Balaban J connectivity index is 1.58. The lowest BCUT2D eigenvalue weighted by Crippen LogP contribution is -2.51. The largest absolute Gasteiger partial charge is 0.373 e. The maximum atomic E-state index is 6.36. The summed E-state index contributed by atoms with van der Waals surface area (Å²) >= 11 is 0. The summed E-state index contributed by atoms with van der Waals surface area (Å²) in [5, 5.41) is 0. The van der Waals surface area contributed by atoms with Crippen molar-refractivity contribution in [1.29, 1.82) is 0 Å². The van der Waals surface area contributed by atoms with Crippen LogP contribution in [0.3, 0.4) is 0 Å². The first-order valence-electron chi connectivity index (χ1n) is 8.27. The van der Waals surface area contributed by atoms with Gasteiger partial charge in [-0.15, -0.1) is 0 Å². The van der Waals surface area contributed by atoms with Crippen LogP contribution in [0.5, 0.6) is 0 Å². The van der Waals surface area contributed by atoms with E-state index in [9.17, 15) is 0 Å². The molecular formula is C16H29NO3. The van der Waals surface area contributed by atoms with Crippen LogP contribution in [0.4, 0.5) is 0 Å². The van der Waals surface area contributed by atoms with E-state index < -0.39 is 5.79 Å². The Kier molecular flexibility index (Phi) is 4.37. The van der Waals surface area contributed by atoms with Crippen LogP contribution < -0.4 is 5.73 Å². The molecule has 4 heteroatoms. The van der Waals surface area contributed by atoms with Gasteiger partial charge < -0.3 is 19.9 Å². The average molecular weight is 283 g/mol. The normalized spacial score (nSPS) is 44.9. The highest BCUT2D eigenvalue weighted by Crippen LogP contribution is 2.39. The monoisotopic (exact) mass is 283 g/mol. The number of ether oxygens (including phenoxy) is 3. The minimum atomic E-state index is -0.395. The summed E-state index contributed by atoms with van der Waals surface area (Å²) in [6, 6.07) is 0.128. The summed E-state index contributed by atoms with van der Waals surface area (Å²) in [4.78, 5) is 0. The molecule has 2 saturated carbocycles. The summed E-state index contributed by atoms with van der Waals surface area (Å²) < 4.78 is 18.0. The van der Waals surface area contributed by atoms with Crippen LogP contribution in [0.1, 0.15) is 52.4 Å². The van der Waals surface area contributed by atoms with E-state index in [1.54, 1.807) is 0 Å². The summed E-state index contributed by atoms with van der Waals surface area (Å²) in [6.45, 7) is 6.11. The van der Waals surface area contributed by atoms with Gasteiger partial charge >= 0.3 is 0 Å². The fourth-order valence-electron chi connectivity index (χ4n) is 3.91. The molecule has 0 aromatic rings. The minimum Gasteiger partial charge on any atom is -0.373 e. The lowest BCUT2D eigenvalue weighted by molar-refractivity contribution is -0.213. The summed E-state index contributed by atoms with van der Waals surface area (Å²) in [5.74, 6) is 1.18. The Labute approximate surface area is 122 Å². The molecule has 0 aromatic heterocycles. The average Bonchev–Trinajstić information content (AvgIpc) is 2.87. The Morgan fingerprint density at radius 1 is 1.05 bits per heavy atom. The van der Waals surface area contributed by atoms with Crippen molar-refractivity contribution in [3.63, 3.8) is 0 Å². The maximum absolute atomic E-state index is 6.36. The molecule has 1 spiro atoms. The zero-order valence-electron chi connectivity index (χ0n) is 12.8. The van der Waals surface area contributed by atoms with Crippen molar-refractivity contribution in [3.8, 4) is 0 Å². The molecule has 4 nitrogen and oxygen atoms in total. The first kappa shape index (κ1) is 14.8. The highest BCUT2D eigenvalue weighted by atomic mass is 16.7. The van der Waals surface area contributed by atoms with Gasteiger partial charge in [-0.3, -0.25) is 0 Å². The molecule has 0 aromatic carbocycles. The first-order chi connectivity index (χ1) is 9.58. The van der Waals surface area contributed by atoms with Crippen LogP contribution in [-0.2, 0) is 14.2 Å². The van der Waals surface area contributed by atoms with Crippen LogP contribution in [0.15, 0.2) is 0 Å². The van der Waals surface area contributed by atoms with E-state index in [0.717, 1.165) is 31.1 Å². The molecule has 2 N–H and O–H groups in total. The van der Waals surface area contributed by atoms with E-state index >= 15 is 0 Å². The third-order valence-corrected chi connectivity index (χ3v) is 5.58. The molecule has 3 aliphatic rings. The van der Waals surface area contributed by atoms with E-state index in [4.69, 9.17) is 19.9 Å². The molecular weight excluding hydrogens is 254 g/mol. The first-order valence-corrected chi connectivity index (χ1v) is 8.27. The minimum absolute atomic E-state index is 0.0902. The quantitative estimate of drug-likeness (QED) is 0.846. The van der Waals surface area contributed by atoms with Crippen molar-refractivity contribution >= 4 is 0 Å². The van der Waals surface area contributed by atoms with E-state index in [1.165, 1.54) is 19.3 Å². The second-order valence-corrected chi connectivity index (χ2v) is 7.08. The van der Waals surface area contributed by atoms with E-state index in [2.05, 4.69) is 13.8 Å². The number of nitrogens with two attached hydrogens (primary N) is 1. The van der Waals surface area contributed by atoms with Gasteiger partial charge in [-0.1, -0.05) is 13.8 Å². The lowest BCUT2D eigenvalue weighted by Gasteiger charge is -2.42. The van der Waals surface area contributed by atoms with Gasteiger partial charge in [0.1, 0.15) is 0 Å². The van der Waals surface area contributed by atoms with Crippen molar-refractivity contribution in [1.82, 2.24) is 0 Å². The number of rotatable bonds is 2. The molecule has 1 heterocycles. The van der Waals surface area contributed by atoms with E-state index in [0.29, 0.717) is 19.3 Å². The smallest absolute Gasteiger partial charge is 0.171 e. The SMILES string of the molecule is CC1CCC(OC2CC3(CCC2N)OCCO3)CC1C. The third kappa shape index (κ3) is 3.03. The molecule has 0 radical (unpaired) electrons. The standard InChI is InChI=1S/C16H29NO3/c1-11-3-4-13(9-12(11)2)20-15-10-16(6-5-14(15)17)18-7-8-19-16/h11-15H,3-10,17H2,1-2H3. The summed E-state index contributed by atoms with van der Waals surface area (Å²) in [5.41, 5.74) is 6.27. The molecule has 0 bridgehead atoms. The molecule has 1 aliphatic heterocycles. The molecule has 5 unspecified atom stereocenters. The van der Waals surface area contributed by atoms with Crippen LogP contribution in [0.25, 0.3) is 0 Å². The maximum Gasteiger partial charge on any atom is 0.171 e. The van der Waals surface area contributed by atoms with Crippen LogP contribution >= 0.6 is 0 Å². The predicted octanol–water partition coefficient (Wildman–Crippen LogP) is 2.45. The van der Waals surface area contributed by atoms with Gasteiger partial charge in [0.25, 0.3) is 0 Å². The van der Waals surface area contributed by atoms with Gasteiger partial charge in [0, 0.05) is 18.9 Å². The summed E-state index contributed by atoms with van der Waals surface area (Å²) in [7, 11) is 0. The van der Waals surface area contributed by atoms with Gasteiger partial charge in [-0.05, 0) is 37.5 Å². The Hall–Kier alpha value is -0.160. The summed E-state index contributed by atoms with van der Waals surface area (Å²) in [6.07, 6.45) is 6.71. The zero-order valence-corrected chi connectivity index (χ0v) is 12.8. The Morgan fingerprint density at radius 2 is 1.80 bits per heavy atom. The molecule has 0 amide bonds. The molecule has 1 saturated heterocycles. The number of hydrogen-bond acceptors (Lipinski definition) is 4. The fourth-order valence-corrected chi connectivity index (χ4v) is 3.91. The lowest BCUT2D eigenvalue weighted by atomic mass is 9.80. The van der Waals surface area contributed by atoms with E-state index in [1.807, 2.05) is 0 Å². The number of hydrogen-bond donors (Lipinski definition) is 1. The zero-order chi connectivity index (χ0) is 14.2. The van der Waals surface area contributed by atoms with Gasteiger partial charge in [-0.25, -0.2) is 0 Å². The van der Waals surface area contributed by atoms with Crippen LogP contribution in [-0.4, -0.2) is 37.3 Å². The topological polar surface area (TPSA) is 53.7 Å². The molecule has 116 valence electrons. The molecule has 3 fully saturated rings. The third-order valence-electron chi connectivity index (χ3n) is 5.58. The highest BCUT2D eigenvalue weighted by molar-refractivity contribution is 4.92. The molecule has 5 atom stereocenters. The van der Waals surface area contributed by atoms with Crippen molar-refractivity contribution in [2.75, 3.05) is 13.2 Å². The van der Waals surface area contributed by atoms with Crippen molar-refractivity contribution in [3.05, 3.63) is 0 Å². The van der Waals surface area contributed by atoms with Gasteiger partial charge in [-0.2, -0.15) is 0 Å². The Morgan fingerprint density at radius 3 is 2.50 bits per heavy atom. The molecule has 3 rings (SSSR count). The van der Waals surface area contributed by atoms with Crippen LogP contribution in [0.2, 0.25) is 0 Å². The molecule has 2 aliphatic carbocycles. The predicted molar refractivity (Wildman–Crippen MR) is 77.3 cm³/mol. The Bertz CT molecular complexity index is 330. The van der Waals surface area contributed by atoms with E-state index in [-0.39, 0.29) is 12.1 Å².